The van der Waals surface area contributed by atoms with Gasteiger partial charge in [0.15, 0.2) is 0 Å². The summed E-state index contributed by atoms with van der Waals surface area (Å²) < 4.78 is 13.3. The number of nitrogens with one attached hydrogen (secondary N) is 2. The molecule has 1 aromatic rings. The summed E-state index contributed by atoms with van der Waals surface area (Å²) in [7, 11) is 0. The number of amides is 1. The van der Waals surface area contributed by atoms with Crippen LogP contribution < -0.4 is 10.6 Å². The van der Waals surface area contributed by atoms with Crippen molar-refractivity contribution in [2.45, 2.75) is 19.3 Å². The number of hydrogen-bond acceptors (Lipinski definition) is 2. The maximum Gasteiger partial charge on any atom is 0.224 e. The van der Waals surface area contributed by atoms with E-state index in [1.807, 2.05) is 6.07 Å². The smallest absolute Gasteiger partial charge is 0.224 e. The second-order valence-electron chi connectivity index (χ2n) is 4.68. The van der Waals surface area contributed by atoms with Crippen LogP contribution >= 0.6 is 0 Å². The van der Waals surface area contributed by atoms with Crippen molar-refractivity contribution in [1.82, 2.24) is 10.6 Å². The minimum atomic E-state index is -0.203. The monoisotopic (exact) mass is 250 g/mol. The largest absolute Gasteiger partial charge is 0.355 e. The van der Waals surface area contributed by atoms with Gasteiger partial charge in [0, 0.05) is 13.1 Å². The van der Waals surface area contributed by atoms with Crippen molar-refractivity contribution in [2.24, 2.45) is 5.92 Å². The summed E-state index contributed by atoms with van der Waals surface area (Å²) in [5.74, 6) is -0.0519. The Labute approximate surface area is 107 Å². The van der Waals surface area contributed by atoms with Gasteiger partial charge in [-0.15, -0.1) is 0 Å². The second-order valence-corrected chi connectivity index (χ2v) is 4.68. The fourth-order valence-electron chi connectivity index (χ4n) is 2.24. The van der Waals surface area contributed by atoms with Gasteiger partial charge in [0.05, 0.1) is 5.92 Å². The summed E-state index contributed by atoms with van der Waals surface area (Å²) in [6.45, 7) is 2.25. The van der Waals surface area contributed by atoms with Crippen LogP contribution in [0.15, 0.2) is 24.3 Å². The van der Waals surface area contributed by atoms with Gasteiger partial charge in [0.1, 0.15) is 5.82 Å². The summed E-state index contributed by atoms with van der Waals surface area (Å²) in [6.07, 6.45) is 2.53. The van der Waals surface area contributed by atoms with Crippen molar-refractivity contribution in [3.05, 3.63) is 35.6 Å². The van der Waals surface area contributed by atoms with E-state index >= 15 is 0 Å². The summed E-state index contributed by atoms with van der Waals surface area (Å²) in [5.41, 5.74) is 0.652. The highest BCUT2D eigenvalue weighted by molar-refractivity contribution is 5.78. The van der Waals surface area contributed by atoms with E-state index in [1.54, 1.807) is 12.1 Å². The zero-order valence-corrected chi connectivity index (χ0v) is 10.4. The first-order valence-electron chi connectivity index (χ1n) is 6.49. The Morgan fingerprint density at radius 3 is 3.00 bits per heavy atom. The summed E-state index contributed by atoms with van der Waals surface area (Å²) in [5, 5.41) is 6.09. The van der Waals surface area contributed by atoms with Crippen molar-refractivity contribution in [2.75, 3.05) is 19.6 Å². The Hall–Kier alpha value is -1.42. The second kappa shape index (κ2) is 6.50. The van der Waals surface area contributed by atoms with E-state index in [2.05, 4.69) is 10.6 Å². The molecular formula is C14H19FN2O. The third-order valence-electron chi connectivity index (χ3n) is 3.32. The lowest BCUT2D eigenvalue weighted by Gasteiger charge is -2.21. The van der Waals surface area contributed by atoms with Gasteiger partial charge in [-0.2, -0.15) is 0 Å². The Kier molecular flexibility index (Phi) is 4.70. The lowest BCUT2D eigenvalue weighted by molar-refractivity contribution is -0.125. The van der Waals surface area contributed by atoms with Gasteiger partial charge in [-0.25, -0.2) is 4.39 Å². The predicted molar refractivity (Wildman–Crippen MR) is 68.7 cm³/mol. The Morgan fingerprint density at radius 1 is 1.44 bits per heavy atom. The number of halogens is 1. The minimum Gasteiger partial charge on any atom is -0.355 e. The van der Waals surface area contributed by atoms with E-state index in [4.69, 9.17) is 0 Å². The van der Waals surface area contributed by atoms with Crippen molar-refractivity contribution in [1.29, 1.82) is 0 Å². The average molecular weight is 250 g/mol. The van der Waals surface area contributed by atoms with Crippen LogP contribution in [-0.4, -0.2) is 25.5 Å². The first kappa shape index (κ1) is 13.0. The molecule has 3 nitrogen and oxygen atoms in total. The molecule has 0 saturated carbocycles. The molecule has 2 rings (SSSR count). The van der Waals surface area contributed by atoms with Crippen molar-refractivity contribution in [3.8, 4) is 0 Å². The molecular weight excluding hydrogens is 231 g/mol. The SMILES string of the molecule is O=C(NCCc1ccccc1F)[C@H]1CCCNC1. The molecule has 1 amide bonds. The van der Waals surface area contributed by atoms with Crippen LogP contribution in [0.5, 0.6) is 0 Å². The predicted octanol–water partition coefficient (Wildman–Crippen LogP) is 1.48. The first-order chi connectivity index (χ1) is 8.77. The molecule has 1 aliphatic heterocycles. The van der Waals surface area contributed by atoms with Crippen LogP contribution in [0.4, 0.5) is 4.39 Å². The molecule has 18 heavy (non-hydrogen) atoms. The molecule has 98 valence electrons. The zero-order chi connectivity index (χ0) is 12.8. The van der Waals surface area contributed by atoms with Crippen LogP contribution in [0.25, 0.3) is 0 Å². The van der Waals surface area contributed by atoms with Crippen LogP contribution in [0.3, 0.4) is 0 Å². The van der Waals surface area contributed by atoms with E-state index in [0.717, 1.165) is 25.9 Å². The third kappa shape index (κ3) is 3.53. The quantitative estimate of drug-likeness (QED) is 0.850. The van der Waals surface area contributed by atoms with E-state index < -0.39 is 0 Å². The molecule has 1 atom stereocenters. The highest BCUT2D eigenvalue weighted by Crippen LogP contribution is 2.10. The molecule has 1 fully saturated rings. The van der Waals surface area contributed by atoms with Gasteiger partial charge in [-0.3, -0.25) is 4.79 Å². The van der Waals surface area contributed by atoms with Crippen LogP contribution in [-0.2, 0) is 11.2 Å². The Balaban J connectivity index is 1.75. The molecule has 0 bridgehead atoms. The molecule has 4 heteroatoms. The maximum atomic E-state index is 13.3. The molecule has 2 N–H and O–H groups in total. The molecule has 1 saturated heterocycles. The zero-order valence-electron chi connectivity index (χ0n) is 10.4. The van der Waals surface area contributed by atoms with Crippen molar-refractivity contribution < 1.29 is 9.18 Å². The van der Waals surface area contributed by atoms with E-state index in [9.17, 15) is 9.18 Å². The molecule has 1 aliphatic rings. The van der Waals surface area contributed by atoms with Gasteiger partial charge in [-0.05, 0) is 37.4 Å². The number of carbonyl (C=O) groups excluding carboxylic acids is 1. The number of hydrogen-bond donors (Lipinski definition) is 2. The standard InChI is InChI=1S/C14H19FN2O/c15-13-6-2-1-4-11(13)7-9-17-14(18)12-5-3-8-16-10-12/h1-2,4,6,12,16H,3,5,7-10H2,(H,17,18)/t12-/m0/s1. The van der Waals surface area contributed by atoms with Crippen LogP contribution in [0.2, 0.25) is 0 Å². The highest BCUT2D eigenvalue weighted by Gasteiger charge is 2.20. The average Bonchev–Trinajstić information content (AvgIpc) is 2.42. The van der Waals surface area contributed by atoms with Gasteiger partial charge in [0.2, 0.25) is 5.91 Å². The number of benzene rings is 1. The molecule has 0 aliphatic carbocycles. The minimum absolute atomic E-state index is 0.0689. The van der Waals surface area contributed by atoms with Gasteiger partial charge in [-0.1, -0.05) is 18.2 Å². The molecule has 0 unspecified atom stereocenters. The Bertz CT molecular complexity index is 403. The first-order valence-corrected chi connectivity index (χ1v) is 6.49. The molecule has 0 spiro atoms. The number of piperidine rings is 1. The normalized spacial score (nSPS) is 19.5. The summed E-state index contributed by atoms with van der Waals surface area (Å²) >= 11 is 0. The topological polar surface area (TPSA) is 41.1 Å². The van der Waals surface area contributed by atoms with Crippen molar-refractivity contribution >= 4 is 5.91 Å². The van der Waals surface area contributed by atoms with Gasteiger partial charge < -0.3 is 10.6 Å². The fraction of sp³-hybridized carbons (Fsp3) is 0.500. The highest BCUT2D eigenvalue weighted by atomic mass is 19.1. The number of rotatable bonds is 4. The lowest BCUT2D eigenvalue weighted by atomic mass is 9.99. The molecule has 1 aromatic carbocycles. The van der Waals surface area contributed by atoms with Gasteiger partial charge in [0.25, 0.3) is 0 Å². The van der Waals surface area contributed by atoms with E-state index in [-0.39, 0.29) is 17.6 Å². The maximum absolute atomic E-state index is 13.3. The Morgan fingerprint density at radius 2 is 2.28 bits per heavy atom. The van der Waals surface area contributed by atoms with E-state index in [1.165, 1.54) is 6.07 Å². The van der Waals surface area contributed by atoms with Crippen molar-refractivity contribution in [3.63, 3.8) is 0 Å². The lowest BCUT2D eigenvalue weighted by Crippen LogP contribution is -2.41. The summed E-state index contributed by atoms with van der Waals surface area (Å²) in [4.78, 5) is 11.8. The fourth-order valence-corrected chi connectivity index (χ4v) is 2.24. The van der Waals surface area contributed by atoms with E-state index in [0.29, 0.717) is 18.5 Å². The number of carbonyl (C=O) groups is 1. The van der Waals surface area contributed by atoms with Gasteiger partial charge >= 0.3 is 0 Å². The molecule has 1 heterocycles. The molecule has 0 radical (unpaired) electrons. The van der Waals surface area contributed by atoms with Crippen LogP contribution in [0, 0.1) is 11.7 Å². The van der Waals surface area contributed by atoms with Crippen LogP contribution in [0.1, 0.15) is 18.4 Å². The molecule has 0 aromatic heterocycles. The third-order valence-corrected chi connectivity index (χ3v) is 3.32. The summed E-state index contributed by atoms with van der Waals surface area (Å²) in [6, 6.07) is 6.68.